The second-order valence-corrected chi connectivity index (χ2v) is 5.59. The van der Waals surface area contributed by atoms with Crippen LogP contribution in [-0.4, -0.2) is 22.1 Å². The van der Waals surface area contributed by atoms with E-state index in [2.05, 4.69) is 15.5 Å². The molecule has 1 aliphatic carbocycles. The van der Waals surface area contributed by atoms with Gasteiger partial charge >= 0.3 is 0 Å². The zero-order chi connectivity index (χ0) is 14.7. The Morgan fingerprint density at radius 2 is 2.29 bits per heavy atom. The van der Waals surface area contributed by atoms with Gasteiger partial charge in [-0.25, -0.2) is 4.39 Å². The molecule has 0 aliphatic heterocycles. The van der Waals surface area contributed by atoms with Gasteiger partial charge in [-0.15, -0.1) is 0 Å². The van der Waals surface area contributed by atoms with Crippen LogP contribution in [0.2, 0.25) is 0 Å². The Labute approximate surface area is 122 Å². The lowest BCUT2D eigenvalue weighted by Crippen LogP contribution is -2.34. The molecule has 1 fully saturated rings. The summed E-state index contributed by atoms with van der Waals surface area (Å²) in [5.74, 6) is 0.140. The molecule has 0 spiro atoms. The summed E-state index contributed by atoms with van der Waals surface area (Å²) in [6, 6.07) is 8.73. The molecule has 1 aliphatic rings. The summed E-state index contributed by atoms with van der Waals surface area (Å²) in [6.07, 6.45) is 4.76. The van der Waals surface area contributed by atoms with E-state index in [1.165, 1.54) is 6.07 Å². The largest absolute Gasteiger partial charge is 0.353 e. The molecule has 0 bridgehead atoms. The van der Waals surface area contributed by atoms with Gasteiger partial charge in [-0.2, -0.15) is 5.10 Å². The number of amides is 1. The van der Waals surface area contributed by atoms with E-state index in [-0.39, 0.29) is 17.8 Å². The second kappa shape index (κ2) is 6.08. The molecule has 2 aromatic rings. The average molecular weight is 287 g/mol. The molecule has 5 heteroatoms. The van der Waals surface area contributed by atoms with Crippen molar-refractivity contribution in [2.75, 3.05) is 0 Å². The van der Waals surface area contributed by atoms with Gasteiger partial charge in [0.25, 0.3) is 0 Å². The molecule has 21 heavy (non-hydrogen) atoms. The molecule has 1 amide bonds. The molecular formula is C16H18FN3O. The Bertz CT molecular complexity index is 612. The molecule has 1 aromatic heterocycles. The lowest BCUT2D eigenvalue weighted by Gasteiger charge is -2.13. The van der Waals surface area contributed by atoms with Crippen LogP contribution in [0, 0.1) is 5.82 Å². The first-order chi connectivity index (χ1) is 10.2. The summed E-state index contributed by atoms with van der Waals surface area (Å²) in [4.78, 5) is 11.9. The lowest BCUT2D eigenvalue weighted by atomic mass is 9.97. The van der Waals surface area contributed by atoms with Crippen molar-refractivity contribution in [3.63, 3.8) is 0 Å². The van der Waals surface area contributed by atoms with Crippen molar-refractivity contribution < 1.29 is 9.18 Å². The zero-order valence-corrected chi connectivity index (χ0v) is 11.7. The monoisotopic (exact) mass is 287 g/mol. The topological polar surface area (TPSA) is 57.8 Å². The number of carbonyl (C=O) groups is 1. The Morgan fingerprint density at radius 3 is 3.05 bits per heavy atom. The third-order valence-electron chi connectivity index (χ3n) is 4.03. The number of halogens is 1. The third kappa shape index (κ3) is 3.48. The molecule has 3 rings (SSSR count). The standard InChI is InChI=1S/C16H18FN3O/c17-13-3-1-2-11(8-13)12-4-5-14(9-12)19-16(21)10-15-6-7-18-20-15/h1-3,6-8,12,14H,4-5,9-10H2,(H,18,20)(H,19,21). The van der Waals surface area contributed by atoms with Crippen molar-refractivity contribution in [2.45, 2.75) is 37.6 Å². The number of hydrogen-bond acceptors (Lipinski definition) is 2. The highest BCUT2D eigenvalue weighted by atomic mass is 19.1. The van der Waals surface area contributed by atoms with Gasteiger partial charge in [0.15, 0.2) is 0 Å². The minimum Gasteiger partial charge on any atom is -0.353 e. The molecule has 1 heterocycles. The number of aromatic nitrogens is 2. The summed E-state index contributed by atoms with van der Waals surface area (Å²) in [7, 11) is 0. The Balaban J connectivity index is 1.54. The van der Waals surface area contributed by atoms with Gasteiger partial charge in [-0.05, 0) is 48.9 Å². The fourth-order valence-corrected chi connectivity index (χ4v) is 3.01. The fourth-order valence-electron chi connectivity index (χ4n) is 3.01. The maximum absolute atomic E-state index is 13.3. The van der Waals surface area contributed by atoms with Crippen LogP contribution in [0.3, 0.4) is 0 Å². The van der Waals surface area contributed by atoms with Crippen molar-refractivity contribution in [2.24, 2.45) is 0 Å². The van der Waals surface area contributed by atoms with Crippen LogP contribution >= 0.6 is 0 Å². The highest BCUT2D eigenvalue weighted by Crippen LogP contribution is 2.34. The number of rotatable bonds is 4. The van der Waals surface area contributed by atoms with Crippen molar-refractivity contribution >= 4 is 5.91 Å². The van der Waals surface area contributed by atoms with Gasteiger partial charge < -0.3 is 5.32 Å². The highest BCUT2D eigenvalue weighted by Gasteiger charge is 2.27. The number of H-pyrrole nitrogens is 1. The minimum absolute atomic E-state index is 0.00384. The first-order valence-corrected chi connectivity index (χ1v) is 7.24. The van der Waals surface area contributed by atoms with Crippen LogP contribution < -0.4 is 5.32 Å². The molecule has 0 radical (unpaired) electrons. The zero-order valence-electron chi connectivity index (χ0n) is 11.7. The number of benzene rings is 1. The molecule has 110 valence electrons. The van der Waals surface area contributed by atoms with Crippen LogP contribution in [0.4, 0.5) is 4.39 Å². The normalized spacial score (nSPS) is 21.4. The van der Waals surface area contributed by atoms with Gasteiger partial charge in [0.2, 0.25) is 5.91 Å². The number of hydrogen-bond donors (Lipinski definition) is 2. The van der Waals surface area contributed by atoms with Gasteiger partial charge in [0.1, 0.15) is 5.82 Å². The van der Waals surface area contributed by atoms with Crippen LogP contribution in [0.1, 0.15) is 36.4 Å². The molecule has 1 aromatic carbocycles. The number of nitrogens with one attached hydrogen (secondary N) is 2. The molecule has 1 saturated carbocycles. The smallest absolute Gasteiger partial charge is 0.226 e. The summed E-state index contributed by atoms with van der Waals surface area (Å²) in [5.41, 5.74) is 1.84. The molecule has 2 unspecified atom stereocenters. The van der Waals surface area contributed by atoms with Crippen molar-refractivity contribution in [3.05, 3.63) is 53.6 Å². The number of aromatic amines is 1. The molecule has 4 nitrogen and oxygen atoms in total. The van der Waals surface area contributed by atoms with Gasteiger partial charge in [0, 0.05) is 17.9 Å². The Kier molecular flexibility index (Phi) is 3.99. The van der Waals surface area contributed by atoms with Gasteiger partial charge in [-0.1, -0.05) is 12.1 Å². The molecule has 0 saturated heterocycles. The van der Waals surface area contributed by atoms with Gasteiger partial charge in [0.05, 0.1) is 6.42 Å². The van der Waals surface area contributed by atoms with E-state index in [0.717, 1.165) is 30.5 Å². The van der Waals surface area contributed by atoms with Crippen molar-refractivity contribution in [3.8, 4) is 0 Å². The fraction of sp³-hybridized carbons (Fsp3) is 0.375. The van der Waals surface area contributed by atoms with E-state index < -0.39 is 0 Å². The summed E-state index contributed by atoms with van der Waals surface area (Å²) >= 11 is 0. The molecule has 2 atom stereocenters. The maximum Gasteiger partial charge on any atom is 0.226 e. The average Bonchev–Trinajstić information content (AvgIpc) is 3.10. The van der Waals surface area contributed by atoms with Crippen LogP contribution in [0.15, 0.2) is 36.5 Å². The van der Waals surface area contributed by atoms with Gasteiger partial charge in [-0.3, -0.25) is 9.89 Å². The van der Waals surface area contributed by atoms with Crippen molar-refractivity contribution in [1.82, 2.24) is 15.5 Å². The predicted octanol–water partition coefficient (Wildman–Crippen LogP) is 2.54. The Hall–Kier alpha value is -2.17. The van der Waals surface area contributed by atoms with E-state index in [1.54, 1.807) is 24.4 Å². The second-order valence-electron chi connectivity index (χ2n) is 5.59. The van der Waals surface area contributed by atoms with Crippen molar-refractivity contribution in [1.29, 1.82) is 0 Å². The van der Waals surface area contributed by atoms with E-state index in [1.807, 2.05) is 6.07 Å². The third-order valence-corrected chi connectivity index (χ3v) is 4.03. The number of carbonyl (C=O) groups excluding carboxylic acids is 1. The summed E-state index contributed by atoms with van der Waals surface area (Å²) < 4.78 is 13.3. The summed E-state index contributed by atoms with van der Waals surface area (Å²) in [6.45, 7) is 0. The highest BCUT2D eigenvalue weighted by molar-refractivity contribution is 5.78. The predicted molar refractivity (Wildman–Crippen MR) is 77.2 cm³/mol. The quantitative estimate of drug-likeness (QED) is 0.908. The molecule has 2 N–H and O–H groups in total. The van der Waals surface area contributed by atoms with E-state index >= 15 is 0 Å². The first kappa shape index (κ1) is 13.8. The minimum atomic E-state index is -0.195. The Morgan fingerprint density at radius 1 is 1.38 bits per heavy atom. The van der Waals surface area contributed by atoms with E-state index in [4.69, 9.17) is 0 Å². The van der Waals surface area contributed by atoms with Crippen LogP contribution in [0.5, 0.6) is 0 Å². The SMILES string of the molecule is O=C(Cc1ccn[nH]1)NC1CCC(c2cccc(F)c2)C1. The lowest BCUT2D eigenvalue weighted by molar-refractivity contribution is -0.121. The van der Waals surface area contributed by atoms with Crippen LogP contribution in [0.25, 0.3) is 0 Å². The van der Waals surface area contributed by atoms with E-state index in [9.17, 15) is 9.18 Å². The molecular weight excluding hydrogens is 269 g/mol. The summed E-state index contributed by atoms with van der Waals surface area (Å²) in [5, 5.41) is 9.66. The maximum atomic E-state index is 13.3. The number of nitrogens with zero attached hydrogens (tertiary/aromatic N) is 1. The van der Waals surface area contributed by atoms with Crippen LogP contribution in [-0.2, 0) is 11.2 Å². The van der Waals surface area contributed by atoms with E-state index in [0.29, 0.717) is 12.3 Å². The first-order valence-electron chi connectivity index (χ1n) is 7.24.